The molecule has 1 aliphatic rings. The summed E-state index contributed by atoms with van der Waals surface area (Å²) < 4.78 is 0. The quantitative estimate of drug-likeness (QED) is 0.881. The smallest absolute Gasteiger partial charge is 0.238 e. The summed E-state index contributed by atoms with van der Waals surface area (Å²) in [7, 11) is 1.99. The molecule has 1 aromatic carbocycles. The number of nitrogens with zero attached hydrogens (tertiary/aromatic N) is 2. The molecule has 0 unspecified atom stereocenters. The van der Waals surface area contributed by atoms with Crippen LogP contribution in [0.1, 0.15) is 25.3 Å². The van der Waals surface area contributed by atoms with Crippen LogP contribution < -0.4 is 10.6 Å². The number of carbonyl (C=O) groups is 1. The lowest BCUT2D eigenvalue weighted by Crippen LogP contribution is -2.51. The second kappa shape index (κ2) is 6.70. The summed E-state index contributed by atoms with van der Waals surface area (Å²) in [4.78, 5) is 14.3. The Morgan fingerprint density at radius 2 is 2.05 bits per heavy atom. The van der Waals surface area contributed by atoms with Crippen LogP contribution in [0.25, 0.3) is 0 Å². The molecule has 0 atom stereocenters. The third kappa shape index (κ3) is 4.03. The highest BCUT2D eigenvalue weighted by Crippen LogP contribution is 2.21. The van der Waals surface area contributed by atoms with Crippen LogP contribution in [0, 0.1) is 11.3 Å². The highest BCUT2D eigenvalue weighted by Gasteiger charge is 2.28. The molecular formula is C16H22N4O. The lowest BCUT2D eigenvalue weighted by Gasteiger charge is -2.39. The van der Waals surface area contributed by atoms with Crippen molar-refractivity contribution in [3.8, 4) is 6.07 Å². The summed E-state index contributed by atoms with van der Waals surface area (Å²) in [5, 5.41) is 15.2. The van der Waals surface area contributed by atoms with Gasteiger partial charge < -0.3 is 10.6 Å². The number of amides is 1. The van der Waals surface area contributed by atoms with Crippen molar-refractivity contribution in [2.75, 3.05) is 32.0 Å². The van der Waals surface area contributed by atoms with Gasteiger partial charge in [0.2, 0.25) is 5.91 Å². The fourth-order valence-electron chi connectivity index (χ4n) is 2.54. The summed E-state index contributed by atoms with van der Waals surface area (Å²) in [6.07, 6.45) is 2.07. The molecule has 0 saturated carbocycles. The van der Waals surface area contributed by atoms with E-state index < -0.39 is 0 Å². The van der Waals surface area contributed by atoms with Gasteiger partial charge in [-0.3, -0.25) is 9.69 Å². The predicted molar refractivity (Wildman–Crippen MR) is 82.9 cm³/mol. The normalized spacial score (nSPS) is 18.0. The number of rotatable bonds is 4. The zero-order valence-corrected chi connectivity index (χ0v) is 12.6. The fourth-order valence-corrected chi connectivity index (χ4v) is 2.54. The first-order chi connectivity index (χ1) is 10.1. The van der Waals surface area contributed by atoms with Gasteiger partial charge in [-0.15, -0.1) is 0 Å². The number of carbonyl (C=O) groups excluding carboxylic acids is 1. The summed E-state index contributed by atoms with van der Waals surface area (Å²) in [5.74, 6) is -0.0641. The first-order valence-corrected chi connectivity index (χ1v) is 7.26. The third-order valence-corrected chi connectivity index (χ3v) is 4.25. The van der Waals surface area contributed by atoms with Crippen molar-refractivity contribution in [1.29, 1.82) is 5.26 Å². The average molecular weight is 286 g/mol. The molecule has 1 aromatic rings. The van der Waals surface area contributed by atoms with Crippen LogP contribution in [0.4, 0.5) is 5.69 Å². The number of benzene rings is 1. The summed E-state index contributed by atoms with van der Waals surface area (Å²) in [5.41, 5.74) is 1.26. The Bertz CT molecular complexity index is 541. The molecule has 1 saturated heterocycles. The Kier molecular flexibility index (Phi) is 4.94. The van der Waals surface area contributed by atoms with Crippen molar-refractivity contribution in [3.05, 3.63) is 29.8 Å². The molecule has 1 amide bonds. The molecule has 0 spiro atoms. The Morgan fingerprint density at radius 1 is 1.38 bits per heavy atom. The third-order valence-electron chi connectivity index (χ3n) is 4.25. The zero-order valence-electron chi connectivity index (χ0n) is 12.6. The average Bonchev–Trinajstić information content (AvgIpc) is 2.50. The molecule has 112 valence electrons. The monoisotopic (exact) mass is 286 g/mol. The van der Waals surface area contributed by atoms with Gasteiger partial charge in [-0.05, 0) is 38.9 Å². The van der Waals surface area contributed by atoms with Gasteiger partial charge in [0.05, 0.1) is 17.8 Å². The molecule has 21 heavy (non-hydrogen) atoms. The topological polar surface area (TPSA) is 68.2 Å². The second-order valence-corrected chi connectivity index (χ2v) is 5.79. The van der Waals surface area contributed by atoms with E-state index in [1.165, 1.54) is 0 Å². The Labute approximate surface area is 125 Å². The van der Waals surface area contributed by atoms with E-state index in [9.17, 15) is 4.79 Å². The maximum Gasteiger partial charge on any atom is 0.238 e. The van der Waals surface area contributed by atoms with Crippen molar-refractivity contribution in [3.63, 3.8) is 0 Å². The van der Waals surface area contributed by atoms with Crippen molar-refractivity contribution in [1.82, 2.24) is 10.2 Å². The molecule has 1 heterocycles. The van der Waals surface area contributed by atoms with E-state index >= 15 is 0 Å². The minimum Gasteiger partial charge on any atom is -0.324 e. The maximum absolute atomic E-state index is 12.1. The minimum absolute atomic E-state index is 0.0641. The summed E-state index contributed by atoms with van der Waals surface area (Å²) in [6, 6.07) is 9.15. The lowest BCUT2D eigenvalue weighted by atomic mass is 9.90. The zero-order chi connectivity index (χ0) is 15.3. The highest BCUT2D eigenvalue weighted by atomic mass is 16.2. The molecular weight excluding hydrogens is 264 g/mol. The van der Waals surface area contributed by atoms with Gasteiger partial charge in [0.15, 0.2) is 0 Å². The Morgan fingerprint density at radius 3 is 2.67 bits per heavy atom. The Hall–Kier alpha value is -1.90. The van der Waals surface area contributed by atoms with E-state index in [1.807, 2.05) is 13.1 Å². The molecule has 2 rings (SSSR count). The van der Waals surface area contributed by atoms with Crippen molar-refractivity contribution in [2.45, 2.75) is 25.3 Å². The van der Waals surface area contributed by atoms with Crippen LogP contribution in [0.3, 0.4) is 0 Å². The van der Waals surface area contributed by atoms with Crippen molar-refractivity contribution >= 4 is 11.6 Å². The number of piperidine rings is 1. The number of anilines is 1. The van der Waals surface area contributed by atoms with E-state index in [0.717, 1.165) is 25.9 Å². The molecule has 5 heteroatoms. The van der Waals surface area contributed by atoms with Gasteiger partial charge in [-0.2, -0.15) is 5.26 Å². The van der Waals surface area contributed by atoms with E-state index in [2.05, 4.69) is 28.5 Å². The van der Waals surface area contributed by atoms with Gasteiger partial charge in [0.1, 0.15) is 6.07 Å². The number of nitriles is 1. The highest BCUT2D eigenvalue weighted by molar-refractivity contribution is 5.93. The van der Waals surface area contributed by atoms with Crippen LogP contribution in [0.5, 0.6) is 0 Å². The van der Waals surface area contributed by atoms with Crippen LogP contribution in [0.2, 0.25) is 0 Å². The molecule has 0 bridgehead atoms. The van der Waals surface area contributed by atoms with Crippen molar-refractivity contribution in [2.24, 2.45) is 0 Å². The van der Waals surface area contributed by atoms with Crippen LogP contribution >= 0.6 is 0 Å². The minimum atomic E-state index is -0.0641. The number of para-hydroxylation sites is 1. The molecule has 1 aliphatic heterocycles. The number of nitrogens with one attached hydrogen (secondary N) is 2. The SMILES string of the molecule is CNC1(C)CCN(CC(=O)Nc2ccccc2C#N)CC1. The Balaban J connectivity index is 1.87. The molecule has 2 N–H and O–H groups in total. The number of likely N-dealkylation sites (tertiary alicyclic amines) is 1. The number of hydrogen-bond donors (Lipinski definition) is 2. The van der Waals surface area contributed by atoms with E-state index in [1.54, 1.807) is 18.2 Å². The second-order valence-electron chi connectivity index (χ2n) is 5.79. The van der Waals surface area contributed by atoms with Crippen LogP contribution in [-0.2, 0) is 4.79 Å². The molecule has 0 radical (unpaired) electrons. The number of hydrogen-bond acceptors (Lipinski definition) is 4. The summed E-state index contributed by atoms with van der Waals surface area (Å²) in [6.45, 7) is 4.41. The molecule has 0 aliphatic carbocycles. The van der Waals surface area contributed by atoms with Gasteiger partial charge in [-0.1, -0.05) is 12.1 Å². The van der Waals surface area contributed by atoms with Gasteiger partial charge in [-0.25, -0.2) is 0 Å². The maximum atomic E-state index is 12.1. The van der Waals surface area contributed by atoms with Crippen LogP contribution in [-0.4, -0.2) is 43.0 Å². The predicted octanol–water partition coefficient (Wildman–Crippen LogP) is 1.57. The first-order valence-electron chi connectivity index (χ1n) is 7.26. The van der Waals surface area contributed by atoms with Gasteiger partial charge >= 0.3 is 0 Å². The van der Waals surface area contributed by atoms with Crippen LogP contribution in [0.15, 0.2) is 24.3 Å². The summed E-state index contributed by atoms with van der Waals surface area (Å²) >= 11 is 0. The fraction of sp³-hybridized carbons (Fsp3) is 0.500. The molecule has 0 aromatic heterocycles. The van der Waals surface area contributed by atoms with E-state index in [4.69, 9.17) is 5.26 Å². The van der Waals surface area contributed by atoms with Gasteiger partial charge in [0.25, 0.3) is 0 Å². The van der Waals surface area contributed by atoms with Gasteiger partial charge in [0, 0.05) is 18.6 Å². The van der Waals surface area contributed by atoms with Crippen molar-refractivity contribution < 1.29 is 4.79 Å². The first kappa shape index (κ1) is 15.5. The largest absolute Gasteiger partial charge is 0.324 e. The van der Waals surface area contributed by atoms with E-state index in [-0.39, 0.29) is 11.4 Å². The standard InChI is InChI=1S/C16H22N4O/c1-16(18-2)7-9-20(10-8-16)12-15(21)19-14-6-4-3-5-13(14)11-17/h3-6,18H,7-10,12H2,1-2H3,(H,19,21). The van der Waals surface area contributed by atoms with E-state index in [0.29, 0.717) is 17.8 Å². The molecule has 5 nitrogen and oxygen atoms in total. The lowest BCUT2D eigenvalue weighted by molar-refractivity contribution is -0.117. The molecule has 1 fully saturated rings.